The van der Waals surface area contributed by atoms with Crippen LogP contribution in [-0.2, 0) is 10.3 Å². The van der Waals surface area contributed by atoms with Crippen LogP contribution in [0.4, 0.5) is 11.4 Å². The number of nitro groups is 1. The minimum atomic E-state index is -4.10. The molecule has 116 valence electrons. The number of ether oxygens (including phenoxy) is 1. The zero-order chi connectivity index (χ0) is 16.2. The minimum absolute atomic E-state index is 0.0355. The average Bonchev–Trinajstić information content (AvgIpc) is 2.47. The molecular weight excluding hydrogens is 312 g/mol. The van der Waals surface area contributed by atoms with Gasteiger partial charge < -0.3 is 8.92 Å². The Labute approximate surface area is 126 Å². The number of hydrogen-bond acceptors (Lipinski definition) is 6. The number of non-ortho nitro benzene ring substituents is 1. The van der Waals surface area contributed by atoms with Crippen molar-refractivity contribution < 1.29 is 22.3 Å². The van der Waals surface area contributed by atoms with Crippen LogP contribution >= 0.6 is 0 Å². The van der Waals surface area contributed by atoms with Crippen molar-refractivity contribution in [2.24, 2.45) is 0 Å². The van der Waals surface area contributed by atoms with Gasteiger partial charge in [0.2, 0.25) is 0 Å². The van der Waals surface area contributed by atoms with E-state index in [0.717, 1.165) is 12.1 Å². The zero-order valence-corrected chi connectivity index (χ0v) is 12.2. The quantitative estimate of drug-likeness (QED) is 0.645. The second kappa shape index (κ2) is 6.31. The molecule has 0 aliphatic carbocycles. The van der Waals surface area contributed by atoms with Gasteiger partial charge in [-0.05, 0) is 36.4 Å². The molecule has 0 spiro atoms. The molecule has 22 heavy (non-hydrogen) atoms. The van der Waals surface area contributed by atoms with Crippen LogP contribution in [0.25, 0.3) is 0 Å². The van der Waals surface area contributed by atoms with Crippen LogP contribution in [-0.4, -0.2) is 20.5 Å². The lowest BCUT2D eigenvalue weighted by Crippen LogP contribution is -2.19. The van der Waals surface area contributed by atoms with Crippen LogP contribution in [0.2, 0.25) is 0 Å². The van der Waals surface area contributed by atoms with E-state index in [-0.39, 0.29) is 11.4 Å². The SMILES string of the molecule is COc1ccc(NS(=O)(=O)Oc2ccc([N+](=O)[O-])cc2)cc1. The first-order valence-electron chi connectivity index (χ1n) is 6.00. The molecule has 0 bridgehead atoms. The molecular formula is C13H12N2O6S. The predicted molar refractivity (Wildman–Crippen MR) is 79.3 cm³/mol. The molecule has 0 heterocycles. The molecule has 0 aliphatic rings. The first kappa shape index (κ1) is 15.6. The van der Waals surface area contributed by atoms with Crippen LogP contribution in [0.3, 0.4) is 0 Å². The summed E-state index contributed by atoms with van der Waals surface area (Å²) >= 11 is 0. The van der Waals surface area contributed by atoms with Crippen molar-refractivity contribution in [1.29, 1.82) is 0 Å². The smallest absolute Gasteiger partial charge is 0.407 e. The molecule has 0 aromatic heterocycles. The van der Waals surface area contributed by atoms with Gasteiger partial charge in [0.25, 0.3) is 5.69 Å². The van der Waals surface area contributed by atoms with Crippen molar-refractivity contribution >= 4 is 21.7 Å². The maximum atomic E-state index is 11.8. The molecule has 0 fully saturated rings. The van der Waals surface area contributed by atoms with Crippen molar-refractivity contribution in [2.45, 2.75) is 0 Å². The molecule has 8 nitrogen and oxygen atoms in total. The van der Waals surface area contributed by atoms with Crippen LogP contribution in [0, 0.1) is 10.1 Å². The van der Waals surface area contributed by atoms with Gasteiger partial charge in [0.05, 0.1) is 17.7 Å². The summed E-state index contributed by atoms with van der Waals surface area (Å²) in [5, 5.41) is 10.5. The second-order valence-electron chi connectivity index (χ2n) is 4.12. The molecule has 9 heteroatoms. The van der Waals surface area contributed by atoms with Crippen molar-refractivity contribution in [3.8, 4) is 11.5 Å². The Morgan fingerprint density at radius 3 is 2.05 bits per heavy atom. The van der Waals surface area contributed by atoms with E-state index in [0.29, 0.717) is 11.4 Å². The van der Waals surface area contributed by atoms with Gasteiger partial charge in [-0.3, -0.25) is 14.8 Å². The van der Waals surface area contributed by atoms with E-state index >= 15 is 0 Å². The summed E-state index contributed by atoms with van der Waals surface area (Å²) in [6.45, 7) is 0. The lowest BCUT2D eigenvalue weighted by atomic mass is 10.3. The Morgan fingerprint density at radius 2 is 1.55 bits per heavy atom. The molecule has 2 rings (SSSR count). The highest BCUT2D eigenvalue weighted by Gasteiger charge is 2.14. The maximum absolute atomic E-state index is 11.8. The number of methoxy groups -OCH3 is 1. The predicted octanol–water partition coefficient (Wildman–Crippen LogP) is 2.34. The number of hydrogen-bond donors (Lipinski definition) is 1. The molecule has 0 saturated heterocycles. The number of nitrogens with one attached hydrogen (secondary N) is 1. The molecule has 2 aromatic rings. The van der Waals surface area contributed by atoms with Gasteiger partial charge in [0, 0.05) is 12.1 Å². The van der Waals surface area contributed by atoms with Crippen molar-refractivity contribution in [3.63, 3.8) is 0 Å². The van der Waals surface area contributed by atoms with E-state index < -0.39 is 15.2 Å². The lowest BCUT2D eigenvalue weighted by molar-refractivity contribution is -0.384. The highest BCUT2D eigenvalue weighted by atomic mass is 32.2. The van der Waals surface area contributed by atoms with E-state index in [1.807, 2.05) is 0 Å². The highest BCUT2D eigenvalue weighted by Crippen LogP contribution is 2.20. The minimum Gasteiger partial charge on any atom is -0.497 e. The summed E-state index contributed by atoms with van der Waals surface area (Å²) in [7, 11) is -2.60. The second-order valence-corrected chi connectivity index (χ2v) is 5.40. The summed E-state index contributed by atoms with van der Waals surface area (Å²) in [4.78, 5) is 9.93. The van der Waals surface area contributed by atoms with Crippen molar-refractivity contribution in [2.75, 3.05) is 11.8 Å². The number of anilines is 1. The summed E-state index contributed by atoms with van der Waals surface area (Å²) in [5.74, 6) is 0.547. The third-order valence-electron chi connectivity index (χ3n) is 2.59. The third-order valence-corrected chi connectivity index (χ3v) is 3.48. The number of rotatable bonds is 6. The van der Waals surface area contributed by atoms with E-state index in [2.05, 4.69) is 4.72 Å². The Bertz CT molecular complexity index is 756. The largest absolute Gasteiger partial charge is 0.497 e. The summed E-state index contributed by atoms with van der Waals surface area (Å²) < 4.78 is 35.7. The molecule has 0 unspecified atom stereocenters. The van der Waals surface area contributed by atoms with E-state index in [4.69, 9.17) is 8.92 Å². The Hall–Kier alpha value is -2.81. The van der Waals surface area contributed by atoms with Gasteiger partial charge in [-0.15, -0.1) is 0 Å². The fraction of sp³-hybridized carbons (Fsp3) is 0.0769. The fourth-order valence-corrected chi connectivity index (χ4v) is 2.41. The normalized spacial score (nSPS) is 10.8. The van der Waals surface area contributed by atoms with E-state index in [1.165, 1.54) is 31.4 Å². The number of nitrogens with zero attached hydrogens (tertiary/aromatic N) is 1. The number of benzene rings is 2. The summed E-state index contributed by atoms with van der Waals surface area (Å²) in [5.41, 5.74) is 0.135. The molecule has 0 atom stereocenters. The topological polar surface area (TPSA) is 108 Å². The van der Waals surface area contributed by atoms with Gasteiger partial charge >= 0.3 is 10.3 Å². The van der Waals surface area contributed by atoms with Crippen LogP contribution in [0.1, 0.15) is 0 Å². The summed E-state index contributed by atoms with van der Waals surface area (Å²) in [6, 6.07) is 10.9. The van der Waals surface area contributed by atoms with Gasteiger partial charge in [-0.2, -0.15) is 8.42 Å². The van der Waals surface area contributed by atoms with Crippen LogP contribution in [0.5, 0.6) is 11.5 Å². The first-order valence-corrected chi connectivity index (χ1v) is 7.41. The standard InChI is InChI=1S/C13H12N2O6S/c1-20-12-6-2-10(3-7-12)14-22(18,19)21-13-8-4-11(5-9-13)15(16)17/h2-9,14H,1H3. The zero-order valence-electron chi connectivity index (χ0n) is 11.4. The molecule has 0 saturated carbocycles. The molecule has 1 N–H and O–H groups in total. The maximum Gasteiger partial charge on any atom is 0.407 e. The van der Waals surface area contributed by atoms with E-state index in [1.54, 1.807) is 12.1 Å². The first-order chi connectivity index (χ1) is 10.4. The lowest BCUT2D eigenvalue weighted by Gasteiger charge is -2.09. The summed E-state index contributed by atoms with van der Waals surface area (Å²) in [6.07, 6.45) is 0. The van der Waals surface area contributed by atoms with Gasteiger partial charge in [-0.25, -0.2) is 0 Å². The average molecular weight is 324 g/mol. The van der Waals surface area contributed by atoms with E-state index in [9.17, 15) is 18.5 Å². The molecule has 0 radical (unpaired) electrons. The molecule has 0 aliphatic heterocycles. The molecule has 2 aromatic carbocycles. The molecule has 0 amide bonds. The van der Waals surface area contributed by atoms with Gasteiger partial charge in [-0.1, -0.05) is 0 Å². The Balaban J connectivity index is 2.08. The van der Waals surface area contributed by atoms with Crippen molar-refractivity contribution in [1.82, 2.24) is 0 Å². The Morgan fingerprint density at radius 1 is 1.00 bits per heavy atom. The monoisotopic (exact) mass is 324 g/mol. The van der Waals surface area contributed by atoms with Gasteiger partial charge in [0.15, 0.2) is 0 Å². The van der Waals surface area contributed by atoms with Crippen LogP contribution in [0.15, 0.2) is 48.5 Å². The fourth-order valence-electron chi connectivity index (χ4n) is 1.57. The van der Waals surface area contributed by atoms with Crippen LogP contribution < -0.4 is 13.6 Å². The van der Waals surface area contributed by atoms with Crippen molar-refractivity contribution in [3.05, 3.63) is 58.6 Å². The van der Waals surface area contributed by atoms with Gasteiger partial charge in [0.1, 0.15) is 11.5 Å². The number of nitro benzene ring substituents is 1. The third kappa shape index (κ3) is 4.09. The highest BCUT2D eigenvalue weighted by molar-refractivity contribution is 7.88. The Kier molecular flexibility index (Phi) is 4.47.